The van der Waals surface area contributed by atoms with E-state index in [4.69, 9.17) is 16.7 Å². The van der Waals surface area contributed by atoms with Crippen LogP contribution in [0.4, 0.5) is 0 Å². The fourth-order valence-electron chi connectivity index (χ4n) is 2.92. The second-order valence-electron chi connectivity index (χ2n) is 5.92. The molecule has 1 fully saturated rings. The Morgan fingerprint density at radius 2 is 1.83 bits per heavy atom. The molecule has 3 rings (SSSR count). The minimum absolute atomic E-state index is 0.178. The molecule has 0 radical (unpaired) electrons. The summed E-state index contributed by atoms with van der Waals surface area (Å²) in [7, 11) is 0. The number of carboxylic acid groups (broad SMARTS) is 1. The fraction of sp³-hybridized carbons (Fsp3) is 0.353. The van der Waals surface area contributed by atoms with E-state index in [1.807, 2.05) is 0 Å². The Bertz CT molecular complexity index is 749. The summed E-state index contributed by atoms with van der Waals surface area (Å²) in [5.74, 6) is -1.22. The van der Waals surface area contributed by atoms with Crippen LogP contribution in [0.5, 0.6) is 0 Å². The van der Waals surface area contributed by atoms with E-state index >= 15 is 0 Å². The molecule has 1 saturated carbocycles. The fourth-order valence-corrected chi connectivity index (χ4v) is 3.20. The van der Waals surface area contributed by atoms with Gasteiger partial charge in [-0.05, 0) is 37.1 Å². The lowest BCUT2D eigenvalue weighted by Gasteiger charge is -2.22. The number of aromatic nitrogens is 2. The molecule has 1 aromatic carbocycles. The number of hydrogen-bond acceptors (Lipinski definition) is 3. The number of aromatic carboxylic acids is 1. The van der Waals surface area contributed by atoms with Crippen molar-refractivity contribution in [2.24, 2.45) is 0 Å². The Labute approximate surface area is 144 Å². The van der Waals surface area contributed by atoms with Crippen LogP contribution in [0, 0.1) is 0 Å². The predicted octanol–water partition coefficient (Wildman–Crippen LogP) is 3.29. The molecule has 1 aliphatic rings. The van der Waals surface area contributed by atoms with Gasteiger partial charge in [0.1, 0.15) is 5.15 Å². The van der Waals surface area contributed by atoms with E-state index in [2.05, 4.69) is 10.4 Å². The van der Waals surface area contributed by atoms with Gasteiger partial charge in [0.2, 0.25) is 0 Å². The SMILES string of the molecule is O=C(O)c1ccc(-n2ncc(C(=O)NC3CCCCC3)c2Cl)cc1. The average molecular weight is 348 g/mol. The van der Waals surface area contributed by atoms with Gasteiger partial charge in [-0.1, -0.05) is 30.9 Å². The second-order valence-corrected chi connectivity index (χ2v) is 6.28. The topological polar surface area (TPSA) is 84.2 Å². The van der Waals surface area contributed by atoms with Crippen LogP contribution >= 0.6 is 11.6 Å². The summed E-state index contributed by atoms with van der Waals surface area (Å²) in [5.41, 5.74) is 1.10. The van der Waals surface area contributed by atoms with Crippen molar-refractivity contribution in [3.63, 3.8) is 0 Å². The summed E-state index contributed by atoms with van der Waals surface area (Å²) in [5, 5.41) is 16.3. The minimum atomic E-state index is -0.999. The number of nitrogens with one attached hydrogen (secondary N) is 1. The largest absolute Gasteiger partial charge is 0.478 e. The van der Waals surface area contributed by atoms with Crippen LogP contribution in [0.25, 0.3) is 5.69 Å². The first-order valence-electron chi connectivity index (χ1n) is 7.94. The quantitative estimate of drug-likeness (QED) is 0.888. The van der Waals surface area contributed by atoms with E-state index in [-0.39, 0.29) is 22.7 Å². The molecule has 7 heteroatoms. The highest BCUT2D eigenvalue weighted by atomic mass is 35.5. The van der Waals surface area contributed by atoms with Gasteiger partial charge in [-0.15, -0.1) is 0 Å². The average Bonchev–Trinajstić information content (AvgIpc) is 2.97. The van der Waals surface area contributed by atoms with E-state index in [1.54, 1.807) is 12.1 Å². The Balaban J connectivity index is 1.77. The molecule has 0 bridgehead atoms. The zero-order valence-corrected chi connectivity index (χ0v) is 13.8. The predicted molar refractivity (Wildman–Crippen MR) is 89.9 cm³/mol. The molecule has 1 amide bonds. The molecule has 1 aromatic heterocycles. The molecule has 1 heterocycles. The second kappa shape index (κ2) is 7.05. The van der Waals surface area contributed by atoms with Crippen LogP contribution in [0.3, 0.4) is 0 Å². The lowest BCUT2D eigenvalue weighted by Crippen LogP contribution is -2.36. The molecule has 0 atom stereocenters. The van der Waals surface area contributed by atoms with Crippen LogP contribution in [0.1, 0.15) is 52.8 Å². The first kappa shape index (κ1) is 16.5. The van der Waals surface area contributed by atoms with Crippen molar-refractivity contribution in [1.82, 2.24) is 15.1 Å². The van der Waals surface area contributed by atoms with Crippen molar-refractivity contribution >= 4 is 23.5 Å². The van der Waals surface area contributed by atoms with Crippen molar-refractivity contribution in [3.8, 4) is 5.69 Å². The van der Waals surface area contributed by atoms with Gasteiger partial charge in [0.15, 0.2) is 0 Å². The van der Waals surface area contributed by atoms with Crippen molar-refractivity contribution in [2.75, 3.05) is 0 Å². The number of nitrogens with zero attached hydrogens (tertiary/aromatic N) is 2. The first-order chi connectivity index (χ1) is 11.6. The van der Waals surface area contributed by atoms with Gasteiger partial charge in [-0.2, -0.15) is 5.10 Å². The molecule has 2 N–H and O–H groups in total. The van der Waals surface area contributed by atoms with Crippen molar-refractivity contribution in [2.45, 2.75) is 38.1 Å². The summed E-state index contributed by atoms with van der Waals surface area (Å²) in [6, 6.07) is 6.34. The van der Waals surface area contributed by atoms with Crippen LogP contribution < -0.4 is 5.32 Å². The van der Waals surface area contributed by atoms with Crippen molar-refractivity contribution in [1.29, 1.82) is 0 Å². The summed E-state index contributed by atoms with van der Waals surface area (Å²) < 4.78 is 1.42. The Kier molecular flexibility index (Phi) is 4.85. The molecule has 0 unspecified atom stereocenters. The molecule has 0 saturated heterocycles. The number of rotatable bonds is 4. The smallest absolute Gasteiger partial charge is 0.335 e. The summed E-state index contributed by atoms with van der Waals surface area (Å²) in [6.45, 7) is 0. The first-order valence-corrected chi connectivity index (χ1v) is 8.32. The lowest BCUT2D eigenvalue weighted by molar-refractivity contribution is 0.0696. The maximum atomic E-state index is 12.4. The Morgan fingerprint density at radius 1 is 1.17 bits per heavy atom. The third-order valence-electron chi connectivity index (χ3n) is 4.25. The molecule has 1 aliphatic carbocycles. The number of carbonyl (C=O) groups excluding carboxylic acids is 1. The lowest BCUT2D eigenvalue weighted by atomic mass is 9.95. The molecular formula is C17H18ClN3O3. The van der Waals surface area contributed by atoms with Crippen LogP contribution in [0.2, 0.25) is 5.15 Å². The number of carboxylic acids is 1. The molecule has 0 aliphatic heterocycles. The Hall–Kier alpha value is -2.34. The van der Waals surface area contributed by atoms with Crippen molar-refractivity contribution in [3.05, 3.63) is 46.7 Å². The van der Waals surface area contributed by atoms with Gasteiger partial charge < -0.3 is 10.4 Å². The van der Waals surface area contributed by atoms with Crippen molar-refractivity contribution < 1.29 is 14.7 Å². The molecule has 126 valence electrons. The molecule has 6 nitrogen and oxygen atoms in total. The zero-order valence-electron chi connectivity index (χ0n) is 13.0. The van der Waals surface area contributed by atoms with Gasteiger partial charge >= 0.3 is 5.97 Å². The van der Waals surface area contributed by atoms with E-state index in [1.165, 1.54) is 29.4 Å². The highest BCUT2D eigenvalue weighted by Gasteiger charge is 2.21. The van der Waals surface area contributed by atoms with Crippen LogP contribution in [-0.2, 0) is 0 Å². The van der Waals surface area contributed by atoms with Gasteiger partial charge in [0.05, 0.1) is 23.0 Å². The highest BCUT2D eigenvalue weighted by molar-refractivity contribution is 6.33. The Morgan fingerprint density at radius 3 is 2.46 bits per heavy atom. The number of halogens is 1. The number of amides is 1. The van der Waals surface area contributed by atoms with Gasteiger partial charge in [-0.3, -0.25) is 4.79 Å². The van der Waals surface area contributed by atoms with E-state index in [0.717, 1.165) is 25.7 Å². The minimum Gasteiger partial charge on any atom is -0.478 e. The standard InChI is InChI=1S/C17H18ClN3O3/c18-15-14(16(22)20-12-4-2-1-3-5-12)10-19-21(15)13-8-6-11(7-9-13)17(23)24/h6-10,12H,1-5H2,(H,20,22)(H,23,24). The zero-order chi connectivity index (χ0) is 17.1. The number of hydrogen-bond donors (Lipinski definition) is 2. The molecule has 0 spiro atoms. The maximum absolute atomic E-state index is 12.4. The van der Waals surface area contributed by atoms with E-state index in [9.17, 15) is 9.59 Å². The van der Waals surface area contributed by atoms with Gasteiger partial charge in [0.25, 0.3) is 5.91 Å². The van der Waals surface area contributed by atoms with Gasteiger partial charge in [-0.25, -0.2) is 9.48 Å². The van der Waals surface area contributed by atoms with Crippen LogP contribution in [0.15, 0.2) is 30.5 Å². The molecule has 2 aromatic rings. The third kappa shape index (κ3) is 3.43. The third-order valence-corrected chi connectivity index (χ3v) is 4.62. The van der Waals surface area contributed by atoms with E-state index < -0.39 is 5.97 Å². The van der Waals surface area contributed by atoms with E-state index in [0.29, 0.717) is 11.3 Å². The summed E-state index contributed by atoms with van der Waals surface area (Å²) in [4.78, 5) is 23.3. The number of carbonyl (C=O) groups is 2. The van der Waals surface area contributed by atoms with Crippen LogP contribution in [-0.4, -0.2) is 32.8 Å². The molecular weight excluding hydrogens is 330 g/mol. The maximum Gasteiger partial charge on any atom is 0.335 e. The monoisotopic (exact) mass is 347 g/mol. The summed E-state index contributed by atoms with van der Waals surface area (Å²) >= 11 is 6.30. The normalized spacial score (nSPS) is 15.2. The number of benzene rings is 1. The van der Waals surface area contributed by atoms with Gasteiger partial charge in [0, 0.05) is 6.04 Å². The summed E-state index contributed by atoms with van der Waals surface area (Å²) in [6.07, 6.45) is 6.91. The highest BCUT2D eigenvalue weighted by Crippen LogP contribution is 2.22. The molecule has 24 heavy (non-hydrogen) atoms.